The third kappa shape index (κ3) is 7.75. The summed E-state index contributed by atoms with van der Waals surface area (Å²) in [6.45, 7) is 7.39. The molecule has 208 valence electrons. The zero-order valence-corrected chi connectivity index (χ0v) is 24.8. The lowest BCUT2D eigenvalue weighted by atomic mass is 10.1. The fraction of sp³-hybridized carbons (Fsp3) is 0.310. The van der Waals surface area contributed by atoms with E-state index in [1.807, 2.05) is 45.0 Å². The van der Waals surface area contributed by atoms with E-state index in [1.165, 1.54) is 35.2 Å². The summed E-state index contributed by atoms with van der Waals surface area (Å²) in [7, 11) is -4.21. The summed E-state index contributed by atoms with van der Waals surface area (Å²) in [6.07, 6.45) is 0.344. The van der Waals surface area contributed by atoms with Gasteiger partial charge in [0.1, 0.15) is 12.6 Å². The maximum Gasteiger partial charge on any atom is 0.264 e. The molecular weight excluding hydrogens is 557 g/mol. The predicted molar refractivity (Wildman–Crippen MR) is 157 cm³/mol. The van der Waals surface area contributed by atoms with Crippen LogP contribution in [0.15, 0.2) is 71.6 Å². The molecule has 0 bridgehead atoms. The molecule has 10 heteroatoms. The van der Waals surface area contributed by atoms with Crippen molar-refractivity contribution < 1.29 is 18.0 Å². The maximum atomic E-state index is 14.0. The van der Waals surface area contributed by atoms with Crippen molar-refractivity contribution in [1.29, 1.82) is 0 Å². The first-order valence-electron chi connectivity index (χ1n) is 12.6. The van der Waals surface area contributed by atoms with Crippen molar-refractivity contribution in [2.24, 2.45) is 0 Å². The molecule has 0 saturated carbocycles. The second-order valence-electron chi connectivity index (χ2n) is 9.28. The van der Waals surface area contributed by atoms with Gasteiger partial charge in [-0.05, 0) is 63.1 Å². The summed E-state index contributed by atoms with van der Waals surface area (Å²) in [6, 6.07) is 17.5. The van der Waals surface area contributed by atoms with Gasteiger partial charge in [0.2, 0.25) is 11.8 Å². The van der Waals surface area contributed by atoms with Gasteiger partial charge in [0.15, 0.2) is 0 Å². The van der Waals surface area contributed by atoms with Gasteiger partial charge < -0.3 is 10.2 Å². The quantitative estimate of drug-likeness (QED) is 0.308. The Balaban J connectivity index is 2.09. The lowest BCUT2D eigenvalue weighted by Gasteiger charge is -2.33. The lowest BCUT2D eigenvalue weighted by molar-refractivity contribution is -0.140. The van der Waals surface area contributed by atoms with E-state index in [0.717, 1.165) is 21.0 Å². The summed E-state index contributed by atoms with van der Waals surface area (Å²) >= 11 is 12.5. The molecule has 0 spiro atoms. The molecule has 1 atom stereocenters. The third-order valence-corrected chi connectivity index (χ3v) is 8.46. The van der Waals surface area contributed by atoms with Crippen molar-refractivity contribution >= 4 is 50.7 Å². The number of halogens is 2. The van der Waals surface area contributed by atoms with E-state index in [4.69, 9.17) is 23.2 Å². The first kappa shape index (κ1) is 30.5. The smallest absolute Gasteiger partial charge is 0.264 e. The number of rotatable bonds is 11. The Bertz CT molecular complexity index is 1390. The summed E-state index contributed by atoms with van der Waals surface area (Å²) in [4.78, 5) is 28.4. The van der Waals surface area contributed by atoms with Crippen LogP contribution >= 0.6 is 23.2 Å². The fourth-order valence-electron chi connectivity index (χ4n) is 4.15. The Labute approximate surface area is 240 Å². The Morgan fingerprint density at radius 2 is 1.41 bits per heavy atom. The van der Waals surface area contributed by atoms with Crippen LogP contribution in [0.25, 0.3) is 0 Å². The topological polar surface area (TPSA) is 86.8 Å². The van der Waals surface area contributed by atoms with Crippen LogP contribution in [0, 0.1) is 13.8 Å². The van der Waals surface area contributed by atoms with Crippen LogP contribution in [0.1, 0.15) is 37.0 Å². The number of carbonyl (C=O) groups excluding carboxylic acids is 2. The maximum absolute atomic E-state index is 14.0. The van der Waals surface area contributed by atoms with Crippen LogP contribution in [0.2, 0.25) is 10.0 Å². The second kappa shape index (κ2) is 13.3. The van der Waals surface area contributed by atoms with Crippen LogP contribution in [0.3, 0.4) is 0 Å². The van der Waals surface area contributed by atoms with E-state index in [0.29, 0.717) is 13.0 Å². The molecule has 39 heavy (non-hydrogen) atoms. The van der Waals surface area contributed by atoms with Crippen molar-refractivity contribution in [3.8, 4) is 0 Å². The van der Waals surface area contributed by atoms with Crippen molar-refractivity contribution in [1.82, 2.24) is 10.2 Å². The molecule has 0 aliphatic rings. The second-order valence-corrected chi connectivity index (χ2v) is 12.0. The molecule has 1 N–H and O–H groups in total. The van der Waals surface area contributed by atoms with Gasteiger partial charge in [-0.2, -0.15) is 0 Å². The predicted octanol–water partition coefficient (Wildman–Crippen LogP) is 5.75. The molecule has 0 saturated heterocycles. The van der Waals surface area contributed by atoms with Crippen LogP contribution in [-0.4, -0.2) is 44.3 Å². The van der Waals surface area contributed by atoms with Gasteiger partial charge in [-0.25, -0.2) is 8.42 Å². The van der Waals surface area contributed by atoms with E-state index in [9.17, 15) is 18.0 Å². The largest absolute Gasteiger partial charge is 0.355 e. The molecule has 0 heterocycles. The normalized spacial score (nSPS) is 12.1. The lowest BCUT2D eigenvalue weighted by Crippen LogP contribution is -2.52. The van der Waals surface area contributed by atoms with Gasteiger partial charge in [0.05, 0.1) is 10.6 Å². The van der Waals surface area contributed by atoms with E-state index in [-0.39, 0.29) is 33.1 Å². The molecule has 0 fully saturated rings. The molecule has 0 aromatic heterocycles. The zero-order chi connectivity index (χ0) is 28.7. The Kier molecular flexibility index (Phi) is 10.4. The minimum Gasteiger partial charge on any atom is -0.355 e. The van der Waals surface area contributed by atoms with Crippen LogP contribution in [0.4, 0.5) is 5.69 Å². The molecule has 7 nitrogen and oxygen atoms in total. The number of amides is 2. The number of nitrogens with one attached hydrogen (secondary N) is 1. The Hall–Kier alpha value is -3.07. The average Bonchev–Trinajstić information content (AvgIpc) is 2.88. The summed E-state index contributed by atoms with van der Waals surface area (Å²) in [5.41, 5.74) is 2.90. The first-order chi connectivity index (χ1) is 18.5. The molecule has 0 aliphatic heterocycles. The highest BCUT2D eigenvalue weighted by molar-refractivity contribution is 7.92. The van der Waals surface area contributed by atoms with Crippen LogP contribution < -0.4 is 9.62 Å². The number of nitrogens with zero attached hydrogens (tertiary/aromatic N) is 2. The van der Waals surface area contributed by atoms with E-state index < -0.39 is 28.5 Å². The molecule has 3 aromatic carbocycles. The molecule has 0 radical (unpaired) electrons. The number of aryl methyl sites for hydroxylation is 2. The van der Waals surface area contributed by atoms with E-state index in [1.54, 1.807) is 19.1 Å². The standard InChI is InChI=1S/C29H33Cl2N3O4S/c1-5-27(29(36)32-6-2)33(18-22-11-7-20(3)8-12-22)28(35)19-34(25-16-23(30)15-24(31)17-25)39(37,38)26-13-9-21(4)10-14-26/h7-17,27H,5-6,18-19H2,1-4H3,(H,32,36). The number of hydrogen-bond donors (Lipinski definition) is 1. The van der Waals surface area contributed by atoms with Crippen LogP contribution in [-0.2, 0) is 26.2 Å². The number of anilines is 1. The number of hydrogen-bond acceptors (Lipinski definition) is 4. The van der Waals surface area contributed by atoms with E-state index in [2.05, 4.69) is 5.32 Å². The third-order valence-electron chi connectivity index (χ3n) is 6.23. The SMILES string of the molecule is CCNC(=O)C(CC)N(Cc1ccc(C)cc1)C(=O)CN(c1cc(Cl)cc(Cl)c1)S(=O)(=O)c1ccc(C)cc1. The number of likely N-dealkylation sites (N-methyl/N-ethyl adjacent to an activating group) is 1. The molecular formula is C29H33Cl2N3O4S. The zero-order valence-electron chi connectivity index (χ0n) is 22.4. The molecule has 2 amide bonds. The molecule has 3 rings (SSSR count). The summed E-state index contributed by atoms with van der Waals surface area (Å²) < 4.78 is 28.8. The molecule has 0 aliphatic carbocycles. The van der Waals surface area contributed by atoms with Gasteiger partial charge in [0.25, 0.3) is 10.0 Å². The Morgan fingerprint density at radius 1 is 0.872 bits per heavy atom. The number of sulfonamides is 1. The minimum atomic E-state index is -4.21. The number of carbonyl (C=O) groups is 2. The first-order valence-corrected chi connectivity index (χ1v) is 14.8. The minimum absolute atomic E-state index is 0.0119. The highest BCUT2D eigenvalue weighted by Crippen LogP contribution is 2.30. The van der Waals surface area contributed by atoms with Crippen molar-refractivity contribution in [2.75, 3.05) is 17.4 Å². The Morgan fingerprint density at radius 3 is 1.92 bits per heavy atom. The number of benzene rings is 3. The van der Waals surface area contributed by atoms with Crippen molar-refractivity contribution in [3.63, 3.8) is 0 Å². The van der Waals surface area contributed by atoms with Crippen molar-refractivity contribution in [2.45, 2.75) is 51.6 Å². The fourth-order valence-corrected chi connectivity index (χ4v) is 6.06. The highest BCUT2D eigenvalue weighted by Gasteiger charge is 2.33. The van der Waals surface area contributed by atoms with Gasteiger partial charge >= 0.3 is 0 Å². The summed E-state index contributed by atoms with van der Waals surface area (Å²) in [5, 5.41) is 3.23. The molecule has 3 aromatic rings. The monoisotopic (exact) mass is 589 g/mol. The molecule has 1 unspecified atom stereocenters. The van der Waals surface area contributed by atoms with E-state index >= 15 is 0 Å². The highest BCUT2D eigenvalue weighted by atomic mass is 35.5. The van der Waals surface area contributed by atoms with Gasteiger partial charge in [-0.15, -0.1) is 0 Å². The average molecular weight is 591 g/mol. The van der Waals surface area contributed by atoms with Crippen molar-refractivity contribution in [3.05, 3.63) is 93.5 Å². The van der Waals surface area contributed by atoms with Gasteiger partial charge in [-0.3, -0.25) is 13.9 Å². The van der Waals surface area contributed by atoms with Gasteiger partial charge in [0, 0.05) is 23.1 Å². The van der Waals surface area contributed by atoms with Crippen LogP contribution in [0.5, 0.6) is 0 Å². The summed E-state index contributed by atoms with van der Waals surface area (Å²) in [5.74, 6) is -0.848. The van der Waals surface area contributed by atoms with Gasteiger partial charge in [-0.1, -0.05) is 77.7 Å².